The molecular formula is C16H14N2O3. The quantitative estimate of drug-likeness (QED) is 0.802. The molecular weight excluding hydrogens is 268 g/mol. The molecule has 0 saturated heterocycles. The van der Waals surface area contributed by atoms with E-state index in [9.17, 15) is 4.79 Å². The second kappa shape index (κ2) is 5.28. The van der Waals surface area contributed by atoms with E-state index in [0.29, 0.717) is 22.6 Å². The molecule has 5 heteroatoms. The summed E-state index contributed by atoms with van der Waals surface area (Å²) in [6.45, 7) is 0. The van der Waals surface area contributed by atoms with Crippen LogP contribution in [-0.4, -0.2) is 24.4 Å². The first-order valence-electron chi connectivity index (χ1n) is 6.44. The highest BCUT2D eigenvalue weighted by Gasteiger charge is 2.13. The Morgan fingerprint density at radius 1 is 1.00 bits per heavy atom. The van der Waals surface area contributed by atoms with Crippen LogP contribution in [-0.2, 0) is 0 Å². The van der Waals surface area contributed by atoms with E-state index in [0.717, 1.165) is 10.9 Å². The van der Waals surface area contributed by atoms with Gasteiger partial charge >= 0.3 is 0 Å². The van der Waals surface area contributed by atoms with Gasteiger partial charge in [0.1, 0.15) is 17.2 Å². The lowest BCUT2D eigenvalue weighted by molar-refractivity contribution is 0.395. The van der Waals surface area contributed by atoms with E-state index < -0.39 is 0 Å². The number of H-pyrrole nitrogens is 1. The van der Waals surface area contributed by atoms with Crippen molar-refractivity contribution < 1.29 is 9.47 Å². The van der Waals surface area contributed by atoms with Gasteiger partial charge in [-0.15, -0.1) is 0 Å². The number of fused-ring (bicyclic) bond motifs is 1. The number of methoxy groups -OCH3 is 2. The van der Waals surface area contributed by atoms with Crippen LogP contribution in [0.5, 0.6) is 11.5 Å². The highest BCUT2D eigenvalue weighted by atomic mass is 16.5. The molecule has 1 heterocycles. The Kier molecular flexibility index (Phi) is 3.31. The number of ether oxygens (including phenoxy) is 2. The Balaban J connectivity index is 2.31. The molecule has 0 fully saturated rings. The number of rotatable bonds is 3. The fraction of sp³-hybridized carbons (Fsp3) is 0.125. The maximum absolute atomic E-state index is 11.8. The smallest absolute Gasteiger partial charge is 0.272 e. The maximum atomic E-state index is 11.8. The highest BCUT2D eigenvalue weighted by molar-refractivity contribution is 5.95. The Labute approximate surface area is 121 Å². The van der Waals surface area contributed by atoms with Crippen molar-refractivity contribution in [3.8, 4) is 22.8 Å². The molecule has 0 aliphatic carbocycles. The van der Waals surface area contributed by atoms with Gasteiger partial charge in [0.15, 0.2) is 0 Å². The normalized spacial score (nSPS) is 10.6. The van der Waals surface area contributed by atoms with Crippen molar-refractivity contribution in [3.63, 3.8) is 0 Å². The van der Waals surface area contributed by atoms with Gasteiger partial charge < -0.3 is 9.47 Å². The summed E-state index contributed by atoms with van der Waals surface area (Å²) in [6, 6.07) is 12.8. The van der Waals surface area contributed by atoms with Crippen molar-refractivity contribution >= 4 is 10.8 Å². The van der Waals surface area contributed by atoms with Gasteiger partial charge in [0.25, 0.3) is 5.56 Å². The van der Waals surface area contributed by atoms with Gasteiger partial charge in [-0.25, -0.2) is 5.10 Å². The molecule has 1 aromatic heterocycles. The zero-order valence-corrected chi connectivity index (χ0v) is 11.7. The van der Waals surface area contributed by atoms with E-state index >= 15 is 0 Å². The van der Waals surface area contributed by atoms with E-state index in [2.05, 4.69) is 10.2 Å². The zero-order chi connectivity index (χ0) is 14.8. The SMILES string of the molecule is COc1ccc(-c2n[nH]c(=O)c3ccccc23)c(OC)c1. The van der Waals surface area contributed by atoms with Gasteiger partial charge in [0.2, 0.25) is 0 Å². The zero-order valence-electron chi connectivity index (χ0n) is 11.7. The van der Waals surface area contributed by atoms with Crippen molar-refractivity contribution in [1.82, 2.24) is 10.2 Å². The summed E-state index contributed by atoms with van der Waals surface area (Å²) >= 11 is 0. The molecule has 5 nitrogen and oxygen atoms in total. The topological polar surface area (TPSA) is 64.2 Å². The fourth-order valence-electron chi connectivity index (χ4n) is 2.31. The summed E-state index contributed by atoms with van der Waals surface area (Å²) in [4.78, 5) is 11.8. The number of hydrogen-bond acceptors (Lipinski definition) is 4. The highest BCUT2D eigenvalue weighted by Crippen LogP contribution is 2.34. The van der Waals surface area contributed by atoms with Gasteiger partial charge in [0.05, 0.1) is 19.6 Å². The lowest BCUT2D eigenvalue weighted by Crippen LogP contribution is -2.09. The maximum Gasteiger partial charge on any atom is 0.272 e. The van der Waals surface area contributed by atoms with Crippen LogP contribution in [0.15, 0.2) is 47.3 Å². The van der Waals surface area contributed by atoms with Crippen LogP contribution in [0, 0.1) is 0 Å². The Hall–Kier alpha value is -2.82. The van der Waals surface area contributed by atoms with Crippen molar-refractivity contribution in [3.05, 3.63) is 52.8 Å². The van der Waals surface area contributed by atoms with Crippen LogP contribution < -0.4 is 15.0 Å². The molecule has 106 valence electrons. The number of nitrogens with zero attached hydrogens (tertiary/aromatic N) is 1. The average Bonchev–Trinajstić information content (AvgIpc) is 2.55. The predicted molar refractivity (Wildman–Crippen MR) is 80.9 cm³/mol. The summed E-state index contributed by atoms with van der Waals surface area (Å²) in [5, 5.41) is 8.09. The lowest BCUT2D eigenvalue weighted by atomic mass is 10.0. The number of aromatic amines is 1. The van der Waals surface area contributed by atoms with Gasteiger partial charge in [0, 0.05) is 17.0 Å². The molecule has 0 atom stereocenters. The molecule has 2 aromatic carbocycles. The molecule has 0 spiro atoms. The minimum Gasteiger partial charge on any atom is -0.497 e. The summed E-state index contributed by atoms with van der Waals surface area (Å²) in [5.74, 6) is 1.34. The standard InChI is InChI=1S/C16H14N2O3/c1-20-10-7-8-13(14(9-10)21-2)15-11-5-3-4-6-12(11)16(19)18-17-15/h3-9H,1-2H3,(H,18,19). The third-order valence-electron chi connectivity index (χ3n) is 3.36. The van der Waals surface area contributed by atoms with E-state index in [4.69, 9.17) is 9.47 Å². The fourth-order valence-corrected chi connectivity index (χ4v) is 2.31. The number of nitrogens with one attached hydrogen (secondary N) is 1. The summed E-state index contributed by atoms with van der Waals surface area (Å²) < 4.78 is 10.6. The summed E-state index contributed by atoms with van der Waals surface area (Å²) in [6.07, 6.45) is 0. The monoisotopic (exact) mass is 282 g/mol. The second-order valence-corrected chi connectivity index (χ2v) is 4.51. The van der Waals surface area contributed by atoms with Crippen LogP contribution in [0.4, 0.5) is 0 Å². The van der Waals surface area contributed by atoms with Gasteiger partial charge in [-0.1, -0.05) is 18.2 Å². The average molecular weight is 282 g/mol. The lowest BCUT2D eigenvalue weighted by Gasteiger charge is -2.11. The molecule has 0 radical (unpaired) electrons. The molecule has 3 rings (SSSR count). The van der Waals surface area contributed by atoms with Crippen LogP contribution in [0.1, 0.15) is 0 Å². The predicted octanol–water partition coefficient (Wildman–Crippen LogP) is 2.61. The van der Waals surface area contributed by atoms with Crippen LogP contribution in [0.2, 0.25) is 0 Å². The van der Waals surface area contributed by atoms with Crippen molar-refractivity contribution in [2.45, 2.75) is 0 Å². The van der Waals surface area contributed by atoms with Crippen LogP contribution in [0.25, 0.3) is 22.0 Å². The van der Waals surface area contributed by atoms with Crippen LogP contribution >= 0.6 is 0 Å². The Morgan fingerprint density at radius 3 is 2.48 bits per heavy atom. The largest absolute Gasteiger partial charge is 0.497 e. The molecule has 0 aliphatic rings. The minimum absolute atomic E-state index is 0.207. The van der Waals surface area contributed by atoms with E-state index in [-0.39, 0.29) is 5.56 Å². The molecule has 3 aromatic rings. The third kappa shape index (κ3) is 2.23. The van der Waals surface area contributed by atoms with E-state index in [1.54, 1.807) is 26.4 Å². The summed E-state index contributed by atoms with van der Waals surface area (Å²) in [7, 11) is 3.19. The number of benzene rings is 2. The molecule has 0 aliphatic heterocycles. The third-order valence-corrected chi connectivity index (χ3v) is 3.36. The molecule has 1 N–H and O–H groups in total. The van der Waals surface area contributed by atoms with Gasteiger partial charge in [-0.2, -0.15) is 5.10 Å². The van der Waals surface area contributed by atoms with E-state index in [1.807, 2.05) is 30.3 Å². The Morgan fingerprint density at radius 2 is 1.76 bits per heavy atom. The first-order chi connectivity index (χ1) is 10.2. The number of hydrogen-bond donors (Lipinski definition) is 1. The van der Waals surface area contributed by atoms with E-state index in [1.165, 1.54) is 0 Å². The number of aromatic nitrogens is 2. The van der Waals surface area contributed by atoms with Crippen molar-refractivity contribution in [2.75, 3.05) is 14.2 Å². The van der Waals surface area contributed by atoms with Crippen molar-refractivity contribution in [1.29, 1.82) is 0 Å². The van der Waals surface area contributed by atoms with Gasteiger partial charge in [-0.3, -0.25) is 4.79 Å². The molecule has 0 unspecified atom stereocenters. The summed E-state index contributed by atoms with van der Waals surface area (Å²) in [5.41, 5.74) is 1.26. The minimum atomic E-state index is -0.207. The second-order valence-electron chi connectivity index (χ2n) is 4.51. The van der Waals surface area contributed by atoms with Crippen LogP contribution in [0.3, 0.4) is 0 Å². The van der Waals surface area contributed by atoms with Gasteiger partial charge in [-0.05, 0) is 18.2 Å². The molecule has 0 bridgehead atoms. The first kappa shape index (κ1) is 13.2. The molecule has 0 saturated carbocycles. The molecule has 0 amide bonds. The Bertz CT molecular complexity index is 856. The first-order valence-corrected chi connectivity index (χ1v) is 6.44. The molecule has 21 heavy (non-hydrogen) atoms. The van der Waals surface area contributed by atoms with Crippen molar-refractivity contribution in [2.24, 2.45) is 0 Å².